The molecule has 0 heterocycles. The SMILES string of the molecule is C=C(C(=O)O)C1=C(C(C)(C)C)CC(O)(C(C)(C)C)C=C1. The molecule has 0 aliphatic heterocycles. The van der Waals surface area contributed by atoms with Gasteiger partial charge in [-0.2, -0.15) is 0 Å². The van der Waals surface area contributed by atoms with E-state index in [2.05, 4.69) is 6.58 Å². The molecule has 3 heteroatoms. The van der Waals surface area contributed by atoms with Crippen molar-refractivity contribution < 1.29 is 15.0 Å². The zero-order chi connectivity index (χ0) is 15.9. The molecule has 0 aromatic heterocycles. The molecular formula is C17H26O3. The van der Waals surface area contributed by atoms with Gasteiger partial charge in [-0.15, -0.1) is 0 Å². The molecule has 20 heavy (non-hydrogen) atoms. The number of aliphatic carboxylic acids is 1. The third-order valence-electron chi connectivity index (χ3n) is 4.08. The molecule has 0 saturated heterocycles. The Labute approximate surface area is 121 Å². The van der Waals surface area contributed by atoms with Crippen molar-refractivity contribution in [3.05, 3.63) is 35.5 Å². The molecule has 0 bridgehead atoms. The zero-order valence-corrected chi connectivity index (χ0v) is 13.4. The fourth-order valence-electron chi connectivity index (χ4n) is 2.33. The first-order valence-electron chi connectivity index (χ1n) is 6.87. The molecule has 1 rings (SSSR count). The van der Waals surface area contributed by atoms with Gasteiger partial charge in [0.2, 0.25) is 0 Å². The lowest BCUT2D eigenvalue weighted by Crippen LogP contribution is -2.44. The molecule has 0 aromatic rings. The summed E-state index contributed by atoms with van der Waals surface area (Å²) in [7, 11) is 0. The van der Waals surface area contributed by atoms with Crippen molar-refractivity contribution in [1.82, 2.24) is 0 Å². The van der Waals surface area contributed by atoms with Crippen molar-refractivity contribution in [2.45, 2.75) is 53.6 Å². The van der Waals surface area contributed by atoms with Crippen LogP contribution >= 0.6 is 0 Å². The monoisotopic (exact) mass is 278 g/mol. The molecule has 0 saturated carbocycles. The third-order valence-corrected chi connectivity index (χ3v) is 4.08. The van der Waals surface area contributed by atoms with E-state index >= 15 is 0 Å². The minimum Gasteiger partial charge on any atom is -0.478 e. The lowest BCUT2D eigenvalue weighted by molar-refractivity contribution is -0.132. The predicted molar refractivity (Wildman–Crippen MR) is 81.4 cm³/mol. The van der Waals surface area contributed by atoms with Crippen LogP contribution in [0.1, 0.15) is 48.0 Å². The molecule has 0 amide bonds. The largest absolute Gasteiger partial charge is 0.478 e. The molecule has 0 aromatic carbocycles. The first kappa shape index (κ1) is 16.7. The van der Waals surface area contributed by atoms with Crippen LogP contribution in [0.4, 0.5) is 0 Å². The summed E-state index contributed by atoms with van der Waals surface area (Å²) in [6.45, 7) is 15.7. The van der Waals surface area contributed by atoms with E-state index in [1.54, 1.807) is 12.2 Å². The van der Waals surface area contributed by atoms with Gasteiger partial charge >= 0.3 is 5.97 Å². The lowest BCUT2D eigenvalue weighted by Gasteiger charge is -2.44. The molecule has 1 aliphatic rings. The average Bonchev–Trinajstić information content (AvgIpc) is 2.25. The van der Waals surface area contributed by atoms with Gasteiger partial charge in [-0.1, -0.05) is 65.8 Å². The quantitative estimate of drug-likeness (QED) is 0.757. The van der Waals surface area contributed by atoms with Gasteiger partial charge in [0.1, 0.15) is 0 Å². The van der Waals surface area contributed by atoms with Crippen LogP contribution in [0.3, 0.4) is 0 Å². The second-order valence-corrected chi connectivity index (χ2v) is 7.61. The number of hydrogen-bond acceptors (Lipinski definition) is 2. The third kappa shape index (κ3) is 3.04. The Kier molecular flexibility index (Phi) is 4.08. The van der Waals surface area contributed by atoms with Gasteiger partial charge < -0.3 is 10.2 Å². The van der Waals surface area contributed by atoms with Crippen molar-refractivity contribution in [2.75, 3.05) is 0 Å². The summed E-state index contributed by atoms with van der Waals surface area (Å²) in [4.78, 5) is 11.2. The number of rotatable bonds is 2. The Bertz CT molecular complexity index is 495. The molecule has 0 fully saturated rings. The van der Waals surface area contributed by atoms with Crippen molar-refractivity contribution in [3.8, 4) is 0 Å². The number of carboxylic acid groups (broad SMARTS) is 1. The number of aliphatic hydroxyl groups is 1. The Morgan fingerprint density at radius 1 is 1.25 bits per heavy atom. The first-order chi connectivity index (χ1) is 8.79. The maximum atomic E-state index is 11.2. The van der Waals surface area contributed by atoms with Crippen molar-refractivity contribution in [2.24, 2.45) is 10.8 Å². The first-order valence-corrected chi connectivity index (χ1v) is 6.87. The molecule has 112 valence electrons. The molecule has 2 N–H and O–H groups in total. The summed E-state index contributed by atoms with van der Waals surface area (Å²) in [6, 6.07) is 0. The number of carboxylic acids is 1. The van der Waals surface area contributed by atoms with E-state index in [-0.39, 0.29) is 16.4 Å². The van der Waals surface area contributed by atoms with Crippen LogP contribution in [0, 0.1) is 10.8 Å². The maximum Gasteiger partial charge on any atom is 0.335 e. The summed E-state index contributed by atoms with van der Waals surface area (Å²) in [5.74, 6) is -1.02. The summed E-state index contributed by atoms with van der Waals surface area (Å²) in [5, 5.41) is 20.1. The van der Waals surface area contributed by atoms with E-state index in [1.807, 2.05) is 41.5 Å². The summed E-state index contributed by atoms with van der Waals surface area (Å²) in [5.41, 5.74) is 0.136. The number of allylic oxidation sites excluding steroid dienone is 1. The molecular weight excluding hydrogens is 252 g/mol. The summed E-state index contributed by atoms with van der Waals surface area (Å²) >= 11 is 0. The van der Waals surface area contributed by atoms with Crippen molar-refractivity contribution >= 4 is 5.97 Å². The van der Waals surface area contributed by atoms with Gasteiger partial charge in [0.15, 0.2) is 0 Å². The molecule has 3 nitrogen and oxygen atoms in total. The standard InChI is InChI=1S/C17H26O3/c1-11(14(18)19)12-8-9-17(20,16(5,6)7)10-13(12)15(2,3)4/h8-9,20H,1,10H2,2-7H3,(H,18,19). The number of hydrogen-bond donors (Lipinski definition) is 2. The van der Waals surface area contributed by atoms with E-state index in [1.165, 1.54) is 0 Å². The van der Waals surface area contributed by atoms with Crippen LogP contribution in [0.25, 0.3) is 0 Å². The molecule has 1 aliphatic carbocycles. The Morgan fingerprint density at radius 2 is 1.75 bits per heavy atom. The highest BCUT2D eigenvalue weighted by Gasteiger charge is 2.43. The fraction of sp³-hybridized carbons (Fsp3) is 0.588. The van der Waals surface area contributed by atoms with E-state index in [9.17, 15) is 15.0 Å². The van der Waals surface area contributed by atoms with Gasteiger partial charge in [0.05, 0.1) is 11.2 Å². The van der Waals surface area contributed by atoms with Crippen LogP contribution in [-0.4, -0.2) is 21.8 Å². The van der Waals surface area contributed by atoms with Crippen molar-refractivity contribution in [1.29, 1.82) is 0 Å². The second-order valence-electron chi connectivity index (χ2n) is 7.61. The molecule has 1 unspecified atom stereocenters. The topological polar surface area (TPSA) is 57.5 Å². The van der Waals surface area contributed by atoms with Crippen LogP contribution in [0.15, 0.2) is 35.5 Å². The smallest absolute Gasteiger partial charge is 0.335 e. The molecule has 0 radical (unpaired) electrons. The van der Waals surface area contributed by atoms with Gasteiger partial charge in [0.25, 0.3) is 0 Å². The van der Waals surface area contributed by atoms with Crippen LogP contribution in [0.5, 0.6) is 0 Å². The van der Waals surface area contributed by atoms with Gasteiger partial charge in [-0.05, 0) is 16.4 Å². The van der Waals surface area contributed by atoms with Crippen LogP contribution < -0.4 is 0 Å². The second kappa shape index (κ2) is 4.88. The van der Waals surface area contributed by atoms with E-state index < -0.39 is 11.6 Å². The summed E-state index contributed by atoms with van der Waals surface area (Å²) in [6.07, 6.45) is 3.86. The maximum absolute atomic E-state index is 11.2. The fourth-order valence-corrected chi connectivity index (χ4v) is 2.33. The Balaban J connectivity index is 3.39. The minimum absolute atomic E-state index is 0.0853. The van der Waals surface area contributed by atoms with E-state index in [4.69, 9.17) is 0 Å². The highest BCUT2D eigenvalue weighted by Crippen LogP contribution is 2.46. The lowest BCUT2D eigenvalue weighted by atomic mass is 9.65. The normalized spacial score (nSPS) is 23.9. The van der Waals surface area contributed by atoms with Crippen LogP contribution in [0.2, 0.25) is 0 Å². The highest BCUT2D eigenvalue weighted by molar-refractivity contribution is 5.92. The van der Waals surface area contributed by atoms with Gasteiger partial charge in [-0.3, -0.25) is 0 Å². The summed E-state index contributed by atoms with van der Waals surface area (Å²) < 4.78 is 0. The zero-order valence-electron chi connectivity index (χ0n) is 13.4. The minimum atomic E-state index is -1.02. The molecule has 0 spiro atoms. The molecule has 1 atom stereocenters. The van der Waals surface area contributed by atoms with E-state index in [0.29, 0.717) is 12.0 Å². The Morgan fingerprint density at radius 3 is 2.10 bits per heavy atom. The predicted octanol–water partition coefficient (Wildman–Crippen LogP) is 3.71. The highest BCUT2D eigenvalue weighted by atomic mass is 16.4. The number of carbonyl (C=O) groups is 1. The Hall–Kier alpha value is -1.35. The van der Waals surface area contributed by atoms with Gasteiger partial charge in [0, 0.05) is 6.42 Å². The van der Waals surface area contributed by atoms with E-state index in [0.717, 1.165) is 5.57 Å². The van der Waals surface area contributed by atoms with Crippen LogP contribution in [-0.2, 0) is 4.79 Å². The average molecular weight is 278 g/mol. The van der Waals surface area contributed by atoms with Gasteiger partial charge in [-0.25, -0.2) is 4.79 Å². The van der Waals surface area contributed by atoms with Crippen molar-refractivity contribution in [3.63, 3.8) is 0 Å².